The SMILES string of the molecule is COc1ccccc1CC(C)(C)C(=O)NCC(=O)O. The van der Waals surface area contributed by atoms with Crippen molar-refractivity contribution in [2.24, 2.45) is 5.41 Å². The van der Waals surface area contributed by atoms with Crippen LogP contribution in [0, 0.1) is 5.41 Å². The highest BCUT2D eigenvalue weighted by Crippen LogP contribution is 2.27. The monoisotopic (exact) mass is 265 g/mol. The van der Waals surface area contributed by atoms with Gasteiger partial charge in [-0.05, 0) is 18.1 Å². The van der Waals surface area contributed by atoms with E-state index in [1.807, 2.05) is 24.3 Å². The van der Waals surface area contributed by atoms with Gasteiger partial charge in [0, 0.05) is 5.41 Å². The Labute approximate surface area is 112 Å². The molecule has 1 aromatic carbocycles. The first-order valence-electron chi connectivity index (χ1n) is 5.99. The van der Waals surface area contributed by atoms with Gasteiger partial charge in [0.1, 0.15) is 12.3 Å². The second kappa shape index (κ2) is 6.22. The lowest BCUT2D eigenvalue weighted by Crippen LogP contribution is -2.40. The van der Waals surface area contributed by atoms with E-state index in [4.69, 9.17) is 9.84 Å². The number of carboxylic acid groups (broad SMARTS) is 1. The molecule has 0 saturated carbocycles. The smallest absolute Gasteiger partial charge is 0.322 e. The third kappa shape index (κ3) is 4.28. The van der Waals surface area contributed by atoms with Crippen molar-refractivity contribution in [3.05, 3.63) is 29.8 Å². The molecule has 0 aromatic heterocycles. The summed E-state index contributed by atoms with van der Waals surface area (Å²) in [6.07, 6.45) is 0.475. The van der Waals surface area contributed by atoms with Gasteiger partial charge < -0.3 is 15.2 Å². The summed E-state index contributed by atoms with van der Waals surface area (Å²) in [7, 11) is 1.58. The van der Waals surface area contributed by atoms with Crippen LogP contribution < -0.4 is 10.1 Å². The number of carbonyl (C=O) groups excluding carboxylic acids is 1. The normalized spacial score (nSPS) is 10.9. The molecule has 0 radical (unpaired) electrons. The summed E-state index contributed by atoms with van der Waals surface area (Å²) in [4.78, 5) is 22.4. The molecule has 0 unspecified atom stereocenters. The van der Waals surface area contributed by atoms with E-state index in [0.29, 0.717) is 6.42 Å². The molecular formula is C14H19NO4. The minimum absolute atomic E-state index is 0.291. The van der Waals surface area contributed by atoms with Crippen molar-refractivity contribution in [3.8, 4) is 5.75 Å². The molecule has 104 valence electrons. The summed E-state index contributed by atoms with van der Waals surface area (Å²) in [6.45, 7) is 3.18. The lowest BCUT2D eigenvalue weighted by molar-refractivity contribution is -0.139. The third-order valence-corrected chi connectivity index (χ3v) is 2.84. The number of nitrogens with one attached hydrogen (secondary N) is 1. The lowest BCUT2D eigenvalue weighted by Gasteiger charge is -2.24. The van der Waals surface area contributed by atoms with E-state index in [1.165, 1.54) is 0 Å². The molecule has 0 aliphatic heterocycles. The van der Waals surface area contributed by atoms with Crippen molar-refractivity contribution in [1.82, 2.24) is 5.32 Å². The lowest BCUT2D eigenvalue weighted by atomic mass is 9.84. The molecule has 19 heavy (non-hydrogen) atoms. The van der Waals surface area contributed by atoms with Gasteiger partial charge in [0.05, 0.1) is 7.11 Å². The Morgan fingerprint density at radius 3 is 2.53 bits per heavy atom. The highest BCUT2D eigenvalue weighted by Gasteiger charge is 2.29. The van der Waals surface area contributed by atoms with Crippen LogP contribution >= 0.6 is 0 Å². The summed E-state index contributed by atoms with van der Waals surface area (Å²) in [5, 5.41) is 11.0. The van der Waals surface area contributed by atoms with Gasteiger partial charge in [-0.15, -0.1) is 0 Å². The average Bonchev–Trinajstić information content (AvgIpc) is 2.36. The molecule has 1 rings (SSSR count). The largest absolute Gasteiger partial charge is 0.496 e. The van der Waals surface area contributed by atoms with E-state index in [2.05, 4.69) is 5.32 Å². The Bertz CT molecular complexity index is 468. The zero-order valence-electron chi connectivity index (χ0n) is 11.4. The van der Waals surface area contributed by atoms with Gasteiger partial charge in [0.15, 0.2) is 0 Å². The van der Waals surface area contributed by atoms with Crippen molar-refractivity contribution in [2.75, 3.05) is 13.7 Å². The van der Waals surface area contributed by atoms with Gasteiger partial charge in [0.25, 0.3) is 0 Å². The zero-order valence-corrected chi connectivity index (χ0v) is 11.4. The van der Waals surface area contributed by atoms with Gasteiger partial charge in [-0.2, -0.15) is 0 Å². The predicted octanol–water partition coefficient (Wildman–Crippen LogP) is 1.46. The Balaban J connectivity index is 2.78. The second-order valence-corrected chi connectivity index (χ2v) is 4.95. The number of carboxylic acids is 1. The molecule has 0 fully saturated rings. The van der Waals surface area contributed by atoms with E-state index in [1.54, 1.807) is 21.0 Å². The number of rotatable bonds is 6. The first-order chi connectivity index (χ1) is 8.86. The minimum Gasteiger partial charge on any atom is -0.496 e. The molecule has 2 N–H and O–H groups in total. The van der Waals surface area contributed by atoms with E-state index >= 15 is 0 Å². The first-order valence-corrected chi connectivity index (χ1v) is 5.99. The van der Waals surface area contributed by atoms with Gasteiger partial charge in [-0.25, -0.2) is 0 Å². The number of para-hydroxylation sites is 1. The summed E-state index contributed by atoms with van der Waals surface area (Å²) in [5.74, 6) is -0.621. The number of aliphatic carboxylic acids is 1. The summed E-state index contributed by atoms with van der Waals surface area (Å²) >= 11 is 0. The van der Waals surface area contributed by atoms with Crippen LogP contribution in [0.2, 0.25) is 0 Å². The fourth-order valence-corrected chi connectivity index (χ4v) is 1.80. The maximum Gasteiger partial charge on any atom is 0.322 e. The summed E-state index contributed by atoms with van der Waals surface area (Å²) in [6, 6.07) is 7.47. The van der Waals surface area contributed by atoms with Gasteiger partial charge in [-0.3, -0.25) is 9.59 Å². The fourth-order valence-electron chi connectivity index (χ4n) is 1.80. The molecule has 0 aliphatic carbocycles. The van der Waals surface area contributed by atoms with Crippen molar-refractivity contribution in [3.63, 3.8) is 0 Å². The molecule has 0 heterocycles. The van der Waals surface area contributed by atoms with Crippen LogP contribution in [-0.2, 0) is 16.0 Å². The molecule has 0 bridgehead atoms. The Kier molecular flexibility index (Phi) is 4.92. The number of carbonyl (C=O) groups is 2. The number of hydrogen-bond acceptors (Lipinski definition) is 3. The van der Waals surface area contributed by atoms with Gasteiger partial charge in [-0.1, -0.05) is 32.0 Å². The van der Waals surface area contributed by atoms with Crippen molar-refractivity contribution >= 4 is 11.9 Å². The maximum atomic E-state index is 12.0. The number of hydrogen-bond donors (Lipinski definition) is 2. The fraction of sp³-hybridized carbons (Fsp3) is 0.429. The summed E-state index contributed by atoms with van der Waals surface area (Å²) < 4.78 is 5.24. The minimum atomic E-state index is -1.05. The Morgan fingerprint density at radius 1 is 1.32 bits per heavy atom. The van der Waals surface area contributed by atoms with Crippen LogP contribution in [0.5, 0.6) is 5.75 Å². The Hall–Kier alpha value is -2.04. The maximum absolute atomic E-state index is 12.0. The highest BCUT2D eigenvalue weighted by atomic mass is 16.5. The number of amides is 1. The van der Waals surface area contributed by atoms with Crippen LogP contribution in [-0.4, -0.2) is 30.6 Å². The molecule has 1 amide bonds. The van der Waals surface area contributed by atoms with E-state index in [9.17, 15) is 9.59 Å². The van der Waals surface area contributed by atoms with Gasteiger partial charge in [0.2, 0.25) is 5.91 Å². The molecule has 0 atom stereocenters. The molecule has 0 aliphatic rings. The van der Waals surface area contributed by atoms with Gasteiger partial charge >= 0.3 is 5.97 Å². The molecule has 5 heteroatoms. The van der Waals surface area contributed by atoms with E-state index in [-0.39, 0.29) is 12.5 Å². The van der Waals surface area contributed by atoms with Crippen LogP contribution in [0.3, 0.4) is 0 Å². The average molecular weight is 265 g/mol. The quantitative estimate of drug-likeness (QED) is 0.816. The van der Waals surface area contributed by atoms with Crippen LogP contribution in [0.4, 0.5) is 0 Å². The van der Waals surface area contributed by atoms with Crippen molar-refractivity contribution in [2.45, 2.75) is 20.3 Å². The number of benzene rings is 1. The molecule has 0 spiro atoms. The molecule has 0 saturated heterocycles. The predicted molar refractivity (Wildman–Crippen MR) is 71.1 cm³/mol. The Morgan fingerprint density at radius 2 is 1.95 bits per heavy atom. The highest BCUT2D eigenvalue weighted by molar-refractivity contribution is 5.85. The number of methoxy groups -OCH3 is 1. The van der Waals surface area contributed by atoms with Crippen molar-refractivity contribution < 1.29 is 19.4 Å². The number of ether oxygens (including phenoxy) is 1. The topological polar surface area (TPSA) is 75.6 Å². The first kappa shape index (κ1) is 15.0. The van der Waals surface area contributed by atoms with Crippen LogP contribution in [0.1, 0.15) is 19.4 Å². The van der Waals surface area contributed by atoms with Crippen LogP contribution in [0.15, 0.2) is 24.3 Å². The molecule has 5 nitrogen and oxygen atoms in total. The van der Waals surface area contributed by atoms with Crippen LogP contribution in [0.25, 0.3) is 0 Å². The summed E-state index contributed by atoms with van der Waals surface area (Å²) in [5.41, 5.74) is 0.213. The third-order valence-electron chi connectivity index (χ3n) is 2.84. The van der Waals surface area contributed by atoms with E-state index < -0.39 is 11.4 Å². The standard InChI is InChI=1S/C14H19NO4/c1-14(2,13(18)15-9-12(16)17)8-10-6-4-5-7-11(10)19-3/h4-7H,8-9H2,1-3H3,(H,15,18)(H,16,17). The van der Waals surface area contributed by atoms with E-state index in [0.717, 1.165) is 11.3 Å². The molecular weight excluding hydrogens is 246 g/mol. The second-order valence-electron chi connectivity index (χ2n) is 4.95. The van der Waals surface area contributed by atoms with Crippen molar-refractivity contribution in [1.29, 1.82) is 0 Å². The molecule has 1 aromatic rings. The zero-order chi connectivity index (χ0) is 14.5.